The van der Waals surface area contributed by atoms with E-state index in [1.54, 1.807) is 25.1 Å². The second kappa shape index (κ2) is 7.00. The molecule has 17 heavy (non-hydrogen) atoms. The Bertz CT molecular complexity index is 396. The molecule has 0 bridgehead atoms. The van der Waals surface area contributed by atoms with Crippen molar-refractivity contribution in [3.05, 3.63) is 47.8 Å². The third-order valence-corrected chi connectivity index (χ3v) is 2.80. The van der Waals surface area contributed by atoms with E-state index in [2.05, 4.69) is 6.58 Å². The molecule has 1 aromatic rings. The quantitative estimate of drug-likeness (QED) is 0.387. The van der Waals surface area contributed by atoms with E-state index >= 15 is 0 Å². The molecule has 1 rings (SSSR count). The van der Waals surface area contributed by atoms with Crippen molar-refractivity contribution >= 4 is 5.78 Å². The van der Waals surface area contributed by atoms with Crippen LogP contribution in [0.1, 0.15) is 48.0 Å². The van der Waals surface area contributed by atoms with Crippen LogP contribution in [-0.2, 0) is 0 Å². The molecule has 1 nitrogen and oxygen atoms in total. The maximum Gasteiger partial charge on any atom is 0.165 e. The minimum Gasteiger partial charge on any atom is -0.294 e. The molecule has 0 saturated carbocycles. The van der Waals surface area contributed by atoms with Gasteiger partial charge in [-0.05, 0) is 37.8 Å². The highest BCUT2D eigenvalue weighted by molar-refractivity contribution is 5.96. The van der Waals surface area contributed by atoms with Crippen LogP contribution in [0.3, 0.4) is 0 Å². The average molecular weight is 234 g/mol. The largest absolute Gasteiger partial charge is 0.294 e. The van der Waals surface area contributed by atoms with Gasteiger partial charge in [0.1, 0.15) is 5.82 Å². The second-order valence-corrected chi connectivity index (χ2v) is 4.25. The Kier molecular flexibility index (Phi) is 5.61. The van der Waals surface area contributed by atoms with Gasteiger partial charge in [0.15, 0.2) is 5.78 Å². The van der Waals surface area contributed by atoms with E-state index in [1.165, 1.54) is 0 Å². The molecule has 0 aliphatic heterocycles. The molecule has 2 heteroatoms. The Hall–Kier alpha value is -1.44. The molecule has 0 unspecified atom stereocenters. The molecular weight excluding hydrogens is 215 g/mol. The van der Waals surface area contributed by atoms with Gasteiger partial charge in [-0.1, -0.05) is 24.6 Å². The number of aryl methyl sites for hydroxylation is 1. The summed E-state index contributed by atoms with van der Waals surface area (Å²) in [6.07, 6.45) is 6.14. The van der Waals surface area contributed by atoms with Crippen LogP contribution in [0.2, 0.25) is 0 Å². The topological polar surface area (TPSA) is 17.1 Å². The number of carbonyl (C=O) groups is 1. The summed E-state index contributed by atoms with van der Waals surface area (Å²) in [4.78, 5) is 11.8. The Balaban J connectivity index is 2.47. The first-order valence-electron chi connectivity index (χ1n) is 6.06. The highest BCUT2D eigenvalue weighted by Crippen LogP contribution is 2.15. The van der Waals surface area contributed by atoms with E-state index < -0.39 is 0 Å². The van der Waals surface area contributed by atoms with Crippen molar-refractivity contribution in [1.82, 2.24) is 0 Å². The van der Waals surface area contributed by atoms with E-state index in [1.807, 2.05) is 6.08 Å². The van der Waals surface area contributed by atoms with Gasteiger partial charge in [-0.25, -0.2) is 4.39 Å². The zero-order valence-electron chi connectivity index (χ0n) is 10.3. The fourth-order valence-corrected chi connectivity index (χ4v) is 1.75. The van der Waals surface area contributed by atoms with Crippen LogP contribution in [-0.4, -0.2) is 5.78 Å². The number of Topliss-reactive ketones (excluding diaryl/α,β-unsaturated/α-hetero) is 1. The number of benzene rings is 1. The fraction of sp³-hybridized carbons (Fsp3) is 0.400. The van der Waals surface area contributed by atoms with E-state index in [0.717, 1.165) is 25.7 Å². The zero-order valence-corrected chi connectivity index (χ0v) is 10.3. The molecule has 0 radical (unpaired) electrons. The minimum atomic E-state index is -0.372. The maximum atomic E-state index is 13.6. The number of rotatable bonds is 7. The van der Waals surface area contributed by atoms with Crippen molar-refractivity contribution in [3.8, 4) is 0 Å². The van der Waals surface area contributed by atoms with E-state index in [-0.39, 0.29) is 17.2 Å². The number of hydrogen-bond donors (Lipinski definition) is 0. The van der Waals surface area contributed by atoms with Crippen LogP contribution in [0, 0.1) is 12.7 Å². The number of carbonyl (C=O) groups excluding carboxylic acids is 1. The number of unbranched alkanes of at least 4 members (excludes halogenated alkanes) is 3. The van der Waals surface area contributed by atoms with Crippen LogP contribution in [0.5, 0.6) is 0 Å². The number of hydrogen-bond acceptors (Lipinski definition) is 1. The lowest BCUT2D eigenvalue weighted by Crippen LogP contribution is -2.03. The van der Waals surface area contributed by atoms with Crippen LogP contribution >= 0.6 is 0 Å². The van der Waals surface area contributed by atoms with Crippen LogP contribution in [0.4, 0.5) is 4.39 Å². The van der Waals surface area contributed by atoms with Gasteiger partial charge < -0.3 is 0 Å². The molecule has 0 spiro atoms. The van der Waals surface area contributed by atoms with E-state index in [0.29, 0.717) is 12.0 Å². The molecule has 0 aliphatic carbocycles. The first-order valence-corrected chi connectivity index (χ1v) is 6.06. The number of halogens is 1. The average Bonchev–Trinajstić information content (AvgIpc) is 2.32. The predicted octanol–water partition coefficient (Wildman–Crippen LogP) is 4.45. The summed E-state index contributed by atoms with van der Waals surface area (Å²) in [6.45, 7) is 5.32. The molecule has 1 aromatic carbocycles. The van der Waals surface area contributed by atoms with E-state index in [4.69, 9.17) is 0 Å². The Morgan fingerprint density at radius 3 is 2.82 bits per heavy atom. The van der Waals surface area contributed by atoms with Gasteiger partial charge in [-0.15, -0.1) is 6.58 Å². The molecule has 0 atom stereocenters. The van der Waals surface area contributed by atoms with Gasteiger partial charge in [-0.2, -0.15) is 0 Å². The molecule has 0 saturated heterocycles. The first-order chi connectivity index (χ1) is 8.16. The smallest absolute Gasteiger partial charge is 0.165 e. The summed E-state index contributed by atoms with van der Waals surface area (Å²) in [5, 5.41) is 0. The Labute approximate surface area is 102 Å². The van der Waals surface area contributed by atoms with E-state index in [9.17, 15) is 9.18 Å². The fourth-order valence-electron chi connectivity index (χ4n) is 1.75. The Morgan fingerprint density at radius 2 is 2.12 bits per heavy atom. The molecular formula is C15H19FO. The van der Waals surface area contributed by atoms with Gasteiger partial charge in [0.2, 0.25) is 0 Å². The SMILES string of the molecule is C=CCCCCCC(=O)c1cccc(C)c1F. The van der Waals surface area contributed by atoms with Gasteiger partial charge in [-0.3, -0.25) is 4.79 Å². The van der Waals surface area contributed by atoms with Crippen LogP contribution in [0.15, 0.2) is 30.9 Å². The zero-order chi connectivity index (χ0) is 12.7. The molecule has 0 fully saturated rings. The minimum absolute atomic E-state index is 0.0928. The third-order valence-electron chi connectivity index (χ3n) is 2.80. The summed E-state index contributed by atoms with van der Waals surface area (Å²) in [5.74, 6) is -0.464. The van der Waals surface area contributed by atoms with Crippen LogP contribution in [0.25, 0.3) is 0 Å². The van der Waals surface area contributed by atoms with Crippen molar-refractivity contribution in [3.63, 3.8) is 0 Å². The highest BCUT2D eigenvalue weighted by atomic mass is 19.1. The molecule has 0 aromatic heterocycles. The first kappa shape index (κ1) is 13.6. The maximum absolute atomic E-state index is 13.6. The molecule has 0 heterocycles. The summed E-state index contributed by atoms with van der Waals surface area (Å²) < 4.78 is 13.6. The third kappa shape index (κ3) is 4.14. The lowest BCUT2D eigenvalue weighted by Gasteiger charge is -2.04. The van der Waals surface area contributed by atoms with Crippen molar-refractivity contribution in [1.29, 1.82) is 0 Å². The monoisotopic (exact) mass is 234 g/mol. The van der Waals surface area contributed by atoms with Gasteiger partial charge in [0, 0.05) is 6.42 Å². The van der Waals surface area contributed by atoms with Crippen molar-refractivity contribution in [2.24, 2.45) is 0 Å². The summed E-state index contributed by atoms with van der Waals surface area (Å²) in [7, 11) is 0. The molecule has 0 amide bonds. The van der Waals surface area contributed by atoms with Crippen molar-refractivity contribution in [2.45, 2.75) is 39.0 Å². The van der Waals surface area contributed by atoms with Crippen molar-refractivity contribution < 1.29 is 9.18 Å². The van der Waals surface area contributed by atoms with Gasteiger partial charge >= 0.3 is 0 Å². The molecule has 92 valence electrons. The summed E-state index contributed by atoms with van der Waals surface area (Å²) >= 11 is 0. The van der Waals surface area contributed by atoms with Gasteiger partial charge in [0.05, 0.1) is 5.56 Å². The molecule has 0 N–H and O–H groups in total. The normalized spacial score (nSPS) is 10.2. The Morgan fingerprint density at radius 1 is 1.35 bits per heavy atom. The number of ketones is 1. The van der Waals surface area contributed by atoms with Crippen molar-refractivity contribution in [2.75, 3.05) is 0 Å². The predicted molar refractivity (Wildman–Crippen MR) is 68.7 cm³/mol. The highest BCUT2D eigenvalue weighted by Gasteiger charge is 2.12. The van der Waals surface area contributed by atoms with Gasteiger partial charge in [0.25, 0.3) is 0 Å². The standard InChI is InChI=1S/C15H19FO/c1-3-4-5-6-7-11-14(17)13-10-8-9-12(2)15(13)16/h3,8-10H,1,4-7,11H2,2H3. The summed E-state index contributed by atoms with van der Waals surface area (Å²) in [6, 6.07) is 4.97. The second-order valence-electron chi connectivity index (χ2n) is 4.25. The summed E-state index contributed by atoms with van der Waals surface area (Å²) in [5.41, 5.74) is 0.760. The molecule has 0 aliphatic rings. The number of allylic oxidation sites excluding steroid dienone is 1. The lowest BCUT2D eigenvalue weighted by molar-refractivity contribution is 0.0975. The lowest BCUT2D eigenvalue weighted by atomic mass is 10.0. The van der Waals surface area contributed by atoms with Crippen LogP contribution < -0.4 is 0 Å².